The Hall–Kier alpha value is -2.89. The van der Waals surface area contributed by atoms with Crippen molar-refractivity contribution in [3.05, 3.63) is 60.7 Å². The first-order valence-electron chi connectivity index (χ1n) is 7.93. The number of carbonyl (C=O) groups excluding carboxylic acids is 1. The van der Waals surface area contributed by atoms with E-state index in [0.717, 1.165) is 17.0 Å². The standard InChI is InChI=1S/C18H21N5O/c1-13(16-11-20-22(3)12-16)21-18(24)14(2)23-10-9-19-17(23)15-7-5-4-6-8-15/h4-14H,1-3H3,(H,21,24)/t13-,14+/m0/s1. The van der Waals surface area contributed by atoms with Crippen molar-refractivity contribution in [3.63, 3.8) is 0 Å². The first-order chi connectivity index (χ1) is 11.6. The van der Waals surface area contributed by atoms with Crippen molar-refractivity contribution in [2.24, 2.45) is 7.05 Å². The van der Waals surface area contributed by atoms with Gasteiger partial charge >= 0.3 is 0 Å². The number of aryl methyl sites for hydroxylation is 1. The van der Waals surface area contributed by atoms with Gasteiger partial charge in [0.25, 0.3) is 0 Å². The van der Waals surface area contributed by atoms with Gasteiger partial charge in [0.05, 0.1) is 12.2 Å². The van der Waals surface area contributed by atoms with Crippen LogP contribution < -0.4 is 5.32 Å². The third kappa shape index (κ3) is 3.22. The Balaban J connectivity index is 1.76. The quantitative estimate of drug-likeness (QED) is 0.785. The van der Waals surface area contributed by atoms with Crippen molar-refractivity contribution in [2.75, 3.05) is 0 Å². The predicted molar refractivity (Wildman–Crippen MR) is 92.1 cm³/mol. The van der Waals surface area contributed by atoms with Crippen LogP contribution in [0.15, 0.2) is 55.1 Å². The van der Waals surface area contributed by atoms with Crippen molar-refractivity contribution < 1.29 is 4.79 Å². The Morgan fingerprint density at radius 1 is 1.21 bits per heavy atom. The Labute approximate surface area is 141 Å². The minimum atomic E-state index is -0.359. The summed E-state index contributed by atoms with van der Waals surface area (Å²) in [6.07, 6.45) is 7.22. The molecule has 24 heavy (non-hydrogen) atoms. The number of nitrogens with zero attached hydrogens (tertiary/aromatic N) is 4. The number of hydrogen-bond donors (Lipinski definition) is 1. The molecule has 1 aromatic carbocycles. The van der Waals surface area contributed by atoms with Gasteiger partial charge in [0.2, 0.25) is 5.91 Å². The molecule has 2 aromatic heterocycles. The third-order valence-corrected chi connectivity index (χ3v) is 4.08. The van der Waals surface area contributed by atoms with Crippen LogP contribution in [0.5, 0.6) is 0 Å². The van der Waals surface area contributed by atoms with Gasteiger partial charge in [-0.1, -0.05) is 30.3 Å². The van der Waals surface area contributed by atoms with E-state index < -0.39 is 0 Å². The fourth-order valence-electron chi connectivity index (χ4n) is 2.64. The number of hydrogen-bond acceptors (Lipinski definition) is 3. The van der Waals surface area contributed by atoms with Crippen molar-refractivity contribution in [1.29, 1.82) is 0 Å². The Bertz CT molecular complexity index is 821. The fourth-order valence-corrected chi connectivity index (χ4v) is 2.64. The molecule has 0 spiro atoms. The van der Waals surface area contributed by atoms with E-state index in [2.05, 4.69) is 15.4 Å². The second kappa shape index (κ2) is 6.70. The van der Waals surface area contributed by atoms with Crippen LogP contribution in [0, 0.1) is 0 Å². The highest BCUT2D eigenvalue weighted by molar-refractivity contribution is 5.81. The van der Waals surface area contributed by atoms with Crippen molar-refractivity contribution in [1.82, 2.24) is 24.6 Å². The topological polar surface area (TPSA) is 64.7 Å². The largest absolute Gasteiger partial charge is 0.348 e. The number of imidazole rings is 1. The molecule has 1 N–H and O–H groups in total. The van der Waals surface area contributed by atoms with Crippen LogP contribution in [0.3, 0.4) is 0 Å². The lowest BCUT2D eigenvalue weighted by atomic mass is 10.1. The molecule has 6 heteroatoms. The fraction of sp³-hybridized carbons (Fsp3) is 0.278. The minimum absolute atomic E-state index is 0.0541. The maximum absolute atomic E-state index is 12.6. The second-order valence-corrected chi connectivity index (χ2v) is 5.88. The zero-order valence-corrected chi connectivity index (χ0v) is 14.0. The SMILES string of the molecule is C[C@H](NC(=O)[C@@H](C)n1ccnc1-c1ccccc1)c1cnn(C)c1. The first-order valence-corrected chi connectivity index (χ1v) is 7.93. The molecule has 0 saturated carbocycles. The van der Waals surface area contributed by atoms with E-state index >= 15 is 0 Å². The highest BCUT2D eigenvalue weighted by Gasteiger charge is 2.20. The van der Waals surface area contributed by atoms with Gasteiger partial charge in [0.15, 0.2) is 0 Å². The van der Waals surface area contributed by atoms with Crippen LogP contribution >= 0.6 is 0 Å². The van der Waals surface area contributed by atoms with Crippen LogP contribution in [-0.4, -0.2) is 25.2 Å². The predicted octanol–water partition coefficient (Wildman–Crippen LogP) is 2.72. The van der Waals surface area contributed by atoms with Gasteiger partial charge in [0, 0.05) is 36.8 Å². The van der Waals surface area contributed by atoms with Gasteiger partial charge in [-0.2, -0.15) is 5.10 Å². The lowest BCUT2D eigenvalue weighted by molar-refractivity contribution is -0.124. The summed E-state index contributed by atoms with van der Waals surface area (Å²) in [4.78, 5) is 17.0. The molecule has 0 unspecified atom stereocenters. The van der Waals surface area contributed by atoms with Gasteiger partial charge in [0.1, 0.15) is 11.9 Å². The Morgan fingerprint density at radius 3 is 2.62 bits per heavy atom. The molecule has 124 valence electrons. The smallest absolute Gasteiger partial charge is 0.243 e. The molecule has 0 aliphatic heterocycles. The van der Waals surface area contributed by atoms with Gasteiger partial charge in [-0.25, -0.2) is 4.98 Å². The maximum atomic E-state index is 12.6. The third-order valence-electron chi connectivity index (χ3n) is 4.08. The first kappa shape index (κ1) is 16.0. The average molecular weight is 323 g/mol. The molecule has 0 aliphatic rings. The summed E-state index contributed by atoms with van der Waals surface area (Å²) in [5, 5.41) is 7.18. The van der Waals surface area contributed by atoms with Crippen LogP contribution in [0.25, 0.3) is 11.4 Å². The molecule has 3 rings (SSSR count). The second-order valence-electron chi connectivity index (χ2n) is 5.88. The lowest BCUT2D eigenvalue weighted by Gasteiger charge is -2.19. The summed E-state index contributed by atoms with van der Waals surface area (Å²) in [5.74, 6) is 0.730. The van der Waals surface area contributed by atoms with Crippen LogP contribution in [0.2, 0.25) is 0 Å². The van der Waals surface area contributed by atoms with E-state index in [9.17, 15) is 4.79 Å². The summed E-state index contributed by atoms with van der Waals surface area (Å²) < 4.78 is 3.62. The molecule has 2 heterocycles. The van der Waals surface area contributed by atoms with Gasteiger partial charge in [-0.3, -0.25) is 9.48 Å². The van der Waals surface area contributed by atoms with E-state index in [4.69, 9.17) is 0 Å². The van der Waals surface area contributed by atoms with Gasteiger partial charge in [-0.15, -0.1) is 0 Å². The molecule has 0 bridgehead atoms. The zero-order chi connectivity index (χ0) is 17.1. The summed E-state index contributed by atoms with van der Waals surface area (Å²) in [6, 6.07) is 9.40. The zero-order valence-electron chi connectivity index (χ0n) is 14.0. The lowest BCUT2D eigenvalue weighted by Crippen LogP contribution is -2.33. The normalized spacial score (nSPS) is 13.5. The number of rotatable bonds is 5. The Morgan fingerprint density at radius 2 is 1.96 bits per heavy atom. The molecule has 0 saturated heterocycles. The molecule has 0 aliphatic carbocycles. The molecule has 0 radical (unpaired) electrons. The highest BCUT2D eigenvalue weighted by Crippen LogP contribution is 2.21. The maximum Gasteiger partial charge on any atom is 0.243 e. The average Bonchev–Trinajstić information content (AvgIpc) is 3.23. The van der Waals surface area contributed by atoms with Crippen molar-refractivity contribution in [3.8, 4) is 11.4 Å². The van der Waals surface area contributed by atoms with Gasteiger partial charge in [-0.05, 0) is 13.8 Å². The number of carbonyl (C=O) groups is 1. The number of benzene rings is 1. The number of amides is 1. The molecule has 0 fully saturated rings. The molecule has 1 amide bonds. The summed E-state index contributed by atoms with van der Waals surface area (Å²) in [6.45, 7) is 3.83. The minimum Gasteiger partial charge on any atom is -0.348 e. The summed E-state index contributed by atoms with van der Waals surface area (Å²) >= 11 is 0. The van der Waals surface area contributed by atoms with E-state index in [-0.39, 0.29) is 18.0 Å². The summed E-state index contributed by atoms with van der Waals surface area (Å²) in [5.41, 5.74) is 1.97. The summed E-state index contributed by atoms with van der Waals surface area (Å²) in [7, 11) is 1.86. The van der Waals surface area contributed by atoms with E-state index in [1.54, 1.807) is 17.1 Å². The number of nitrogens with one attached hydrogen (secondary N) is 1. The highest BCUT2D eigenvalue weighted by atomic mass is 16.2. The van der Waals surface area contributed by atoms with Crippen LogP contribution in [0.4, 0.5) is 0 Å². The molecule has 2 atom stereocenters. The van der Waals surface area contributed by atoms with E-state index in [0.29, 0.717) is 0 Å². The van der Waals surface area contributed by atoms with Crippen molar-refractivity contribution in [2.45, 2.75) is 25.9 Å². The number of aromatic nitrogens is 4. The van der Waals surface area contributed by atoms with Crippen molar-refractivity contribution >= 4 is 5.91 Å². The molecular formula is C18H21N5O. The molecular weight excluding hydrogens is 302 g/mol. The molecule has 6 nitrogen and oxygen atoms in total. The van der Waals surface area contributed by atoms with E-state index in [1.807, 2.05) is 68.2 Å². The van der Waals surface area contributed by atoms with E-state index in [1.165, 1.54) is 0 Å². The Kier molecular flexibility index (Phi) is 4.46. The monoisotopic (exact) mass is 323 g/mol. The van der Waals surface area contributed by atoms with Crippen LogP contribution in [0.1, 0.15) is 31.5 Å². The van der Waals surface area contributed by atoms with Gasteiger partial charge < -0.3 is 9.88 Å². The van der Waals surface area contributed by atoms with Crippen LogP contribution in [-0.2, 0) is 11.8 Å². The molecule has 3 aromatic rings.